The van der Waals surface area contributed by atoms with Gasteiger partial charge in [-0.3, -0.25) is 4.79 Å². The highest BCUT2D eigenvalue weighted by atomic mass is 19.4. The van der Waals surface area contributed by atoms with E-state index in [1.807, 2.05) is 14.7 Å². The largest absolute Gasteiger partial charge is 0.416 e. The van der Waals surface area contributed by atoms with Crippen LogP contribution in [0.5, 0.6) is 0 Å². The molecule has 1 amide bonds. The molecule has 0 saturated carbocycles. The number of piperidine rings is 1. The predicted octanol–water partition coefficient (Wildman–Crippen LogP) is 3.06. The maximum atomic E-state index is 13.0. The van der Waals surface area contributed by atoms with Crippen LogP contribution in [0.25, 0.3) is 0 Å². The molecule has 0 N–H and O–H groups in total. The first-order valence-electron chi connectivity index (χ1n) is 10.1. The zero-order chi connectivity index (χ0) is 21.1. The van der Waals surface area contributed by atoms with Crippen molar-refractivity contribution in [3.8, 4) is 0 Å². The van der Waals surface area contributed by atoms with Crippen molar-refractivity contribution in [2.75, 3.05) is 49.1 Å². The molecule has 1 unspecified atom stereocenters. The Balaban J connectivity index is 1.35. The van der Waals surface area contributed by atoms with Gasteiger partial charge in [0.05, 0.1) is 11.5 Å². The number of nitrogens with zero attached hydrogens (tertiary/aromatic N) is 5. The third-order valence-corrected chi connectivity index (χ3v) is 5.74. The second-order valence-corrected chi connectivity index (χ2v) is 7.69. The standard InChI is InChI=1S/C21H24F3N5O/c22-21(23,24)17-5-1-6-18(14-17)27-10-12-28(13-11-27)19(30)16-4-2-9-29(15-16)20-25-7-3-8-26-20/h1,3,5-8,14,16H,2,4,9-13,15H2. The Labute approximate surface area is 173 Å². The van der Waals surface area contributed by atoms with E-state index >= 15 is 0 Å². The molecule has 2 saturated heterocycles. The molecule has 4 rings (SSSR count). The summed E-state index contributed by atoms with van der Waals surface area (Å²) in [5, 5.41) is 0. The summed E-state index contributed by atoms with van der Waals surface area (Å²) in [5.74, 6) is 0.645. The topological polar surface area (TPSA) is 52.6 Å². The molecule has 30 heavy (non-hydrogen) atoms. The van der Waals surface area contributed by atoms with Gasteiger partial charge in [-0.2, -0.15) is 13.2 Å². The van der Waals surface area contributed by atoms with Gasteiger partial charge in [-0.05, 0) is 37.1 Å². The first-order chi connectivity index (χ1) is 14.4. The lowest BCUT2D eigenvalue weighted by Gasteiger charge is -2.39. The number of rotatable bonds is 3. The molecule has 3 heterocycles. The zero-order valence-electron chi connectivity index (χ0n) is 16.6. The SMILES string of the molecule is O=C(C1CCCN(c2ncccn2)C1)N1CCN(c2cccc(C(F)(F)F)c2)CC1. The molecule has 0 radical (unpaired) electrons. The second-order valence-electron chi connectivity index (χ2n) is 7.69. The molecular weight excluding hydrogens is 395 g/mol. The minimum atomic E-state index is -4.36. The van der Waals surface area contributed by atoms with Crippen molar-refractivity contribution in [2.24, 2.45) is 5.92 Å². The highest BCUT2D eigenvalue weighted by molar-refractivity contribution is 5.80. The van der Waals surface area contributed by atoms with E-state index in [2.05, 4.69) is 9.97 Å². The molecule has 2 aromatic rings. The Bertz CT molecular complexity index is 868. The Kier molecular flexibility index (Phi) is 5.78. The van der Waals surface area contributed by atoms with Crippen LogP contribution >= 0.6 is 0 Å². The van der Waals surface area contributed by atoms with E-state index < -0.39 is 11.7 Å². The summed E-state index contributed by atoms with van der Waals surface area (Å²) in [5.41, 5.74) is -0.106. The van der Waals surface area contributed by atoms with Crippen molar-refractivity contribution in [1.82, 2.24) is 14.9 Å². The lowest BCUT2D eigenvalue weighted by Crippen LogP contribution is -2.52. The van der Waals surface area contributed by atoms with Crippen LogP contribution in [-0.2, 0) is 11.0 Å². The molecular formula is C21H24F3N5O. The number of carbonyl (C=O) groups excluding carboxylic acids is 1. The first kappa shape index (κ1) is 20.4. The minimum Gasteiger partial charge on any atom is -0.368 e. The third kappa shape index (κ3) is 4.49. The normalized spacial score (nSPS) is 20.4. The minimum absolute atomic E-state index is 0.109. The Morgan fingerprint density at radius 1 is 0.967 bits per heavy atom. The van der Waals surface area contributed by atoms with E-state index in [0.717, 1.165) is 25.5 Å². The Morgan fingerprint density at radius 3 is 2.40 bits per heavy atom. The molecule has 2 aliphatic rings. The number of hydrogen-bond acceptors (Lipinski definition) is 5. The maximum absolute atomic E-state index is 13.0. The van der Waals surface area contributed by atoms with Crippen LogP contribution in [0, 0.1) is 5.92 Å². The summed E-state index contributed by atoms with van der Waals surface area (Å²) >= 11 is 0. The van der Waals surface area contributed by atoms with Crippen molar-refractivity contribution in [2.45, 2.75) is 19.0 Å². The van der Waals surface area contributed by atoms with Crippen molar-refractivity contribution in [3.05, 3.63) is 48.3 Å². The number of piperazine rings is 1. The summed E-state index contributed by atoms with van der Waals surface area (Å²) in [7, 11) is 0. The van der Waals surface area contributed by atoms with Crippen LogP contribution in [0.15, 0.2) is 42.7 Å². The molecule has 1 aromatic heterocycles. The summed E-state index contributed by atoms with van der Waals surface area (Å²) < 4.78 is 38.9. The van der Waals surface area contributed by atoms with Gasteiger partial charge in [-0.1, -0.05) is 6.07 Å². The number of anilines is 2. The number of amides is 1. The van der Waals surface area contributed by atoms with E-state index in [9.17, 15) is 18.0 Å². The summed E-state index contributed by atoms with van der Waals surface area (Å²) in [6.07, 6.45) is 0.763. The first-order valence-corrected chi connectivity index (χ1v) is 10.1. The number of benzene rings is 1. The smallest absolute Gasteiger partial charge is 0.368 e. The van der Waals surface area contributed by atoms with Gasteiger partial charge in [-0.15, -0.1) is 0 Å². The van der Waals surface area contributed by atoms with Crippen LogP contribution in [0.4, 0.5) is 24.8 Å². The molecule has 1 aromatic carbocycles. The third-order valence-electron chi connectivity index (χ3n) is 5.74. The Morgan fingerprint density at radius 2 is 1.70 bits per heavy atom. The number of aromatic nitrogens is 2. The molecule has 1 atom stereocenters. The van der Waals surface area contributed by atoms with Gasteiger partial charge in [0.15, 0.2) is 0 Å². The van der Waals surface area contributed by atoms with Crippen LogP contribution in [-0.4, -0.2) is 60.0 Å². The van der Waals surface area contributed by atoms with Gasteiger partial charge in [-0.25, -0.2) is 9.97 Å². The average molecular weight is 419 g/mol. The highest BCUT2D eigenvalue weighted by Gasteiger charge is 2.33. The molecule has 2 fully saturated rings. The molecule has 0 aliphatic carbocycles. The summed E-state index contributed by atoms with van der Waals surface area (Å²) in [4.78, 5) is 27.4. The zero-order valence-corrected chi connectivity index (χ0v) is 16.6. The molecule has 2 aliphatic heterocycles. The van der Waals surface area contributed by atoms with E-state index in [4.69, 9.17) is 0 Å². The van der Waals surface area contributed by atoms with Gasteiger partial charge in [0.25, 0.3) is 0 Å². The van der Waals surface area contributed by atoms with Gasteiger partial charge < -0.3 is 14.7 Å². The van der Waals surface area contributed by atoms with E-state index in [1.165, 1.54) is 12.1 Å². The lowest BCUT2D eigenvalue weighted by molar-refractivity contribution is -0.137. The van der Waals surface area contributed by atoms with Gasteiger partial charge >= 0.3 is 6.18 Å². The average Bonchev–Trinajstić information content (AvgIpc) is 2.79. The maximum Gasteiger partial charge on any atom is 0.416 e. The summed E-state index contributed by atoms with van der Waals surface area (Å²) in [6, 6.07) is 7.13. The second kappa shape index (κ2) is 8.49. The predicted molar refractivity (Wildman–Crippen MR) is 107 cm³/mol. The number of carbonyl (C=O) groups is 1. The highest BCUT2D eigenvalue weighted by Crippen LogP contribution is 2.32. The van der Waals surface area contributed by atoms with Crippen LogP contribution in [0.2, 0.25) is 0 Å². The van der Waals surface area contributed by atoms with Gasteiger partial charge in [0, 0.05) is 57.3 Å². The van der Waals surface area contributed by atoms with Crippen molar-refractivity contribution in [3.63, 3.8) is 0 Å². The van der Waals surface area contributed by atoms with E-state index in [1.54, 1.807) is 24.5 Å². The van der Waals surface area contributed by atoms with Crippen LogP contribution in [0.3, 0.4) is 0 Å². The lowest BCUT2D eigenvalue weighted by atomic mass is 9.96. The number of hydrogen-bond donors (Lipinski definition) is 0. The fourth-order valence-corrected chi connectivity index (χ4v) is 4.14. The molecule has 6 nitrogen and oxygen atoms in total. The van der Waals surface area contributed by atoms with Crippen LogP contribution < -0.4 is 9.80 Å². The summed E-state index contributed by atoms with van der Waals surface area (Å²) in [6.45, 7) is 3.48. The van der Waals surface area contributed by atoms with Gasteiger partial charge in [0.1, 0.15) is 0 Å². The number of alkyl halides is 3. The van der Waals surface area contributed by atoms with Crippen molar-refractivity contribution < 1.29 is 18.0 Å². The van der Waals surface area contributed by atoms with E-state index in [0.29, 0.717) is 44.4 Å². The molecule has 9 heteroatoms. The fourth-order valence-electron chi connectivity index (χ4n) is 4.14. The number of halogens is 3. The quantitative estimate of drug-likeness (QED) is 0.766. The fraction of sp³-hybridized carbons (Fsp3) is 0.476. The Hall–Kier alpha value is -2.84. The molecule has 160 valence electrons. The van der Waals surface area contributed by atoms with Crippen molar-refractivity contribution in [1.29, 1.82) is 0 Å². The van der Waals surface area contributed by atoms with E-state index in [-0.39, 0.29) is 11.8 Å². The van der Waals surface area contributed by atoms with Crippen LogP contribution in [0.1, 0.15) is 18.4 Å². The molecule has 0 bridgehead atoms. The molecule has 0 spiro atoms. The van der Waals surface area contributed by atoms with Gasteiger partial charge in [0.2, 0.25) is 11.9 Å². The monoisotopic (exact) mass is 419 g/mol. The van der Waals surface area contributed by atoms with Crippen molar-refractivity contribution >= 4 is 17.5 Å².